The van der Waals surface area contributed by atoms with Gasteiger partial charge in [-0.15, -0.1) is 0 Å². The molecule has 3 aliphatic rings. The SMILES string of the molecule is C1=CC2=CCNC3=C(CCCC3)N2C1. The normalized spacial score (nSPS) is 25.1. The Morgan fingerprint density at radius 3 is 3.14 bits per heavy atom. The van der Waals surface area contributed by atoms with E-state index in [0.29, 0.717) is 0 Å². The van der Waals surface area contributed by atoms with Crippen LogP contribution in [-0.4, -0.2) is 18.0 Å². The lowest BCUT2D eigenvalue weighted by Gasteiger charge is -2.28. The van der Waals surface area contributed by atoms with Crippen LogP contribution in [0.5, 0.6) is 0 Å². The summed E-state index contributed by atoms with van der Waals surface area (Å²) in [5, 5.41) is 3.54. The molecule has 0 unspecified atom stereocenters. The van der Waals surface area contributed by atoms with Gasteiger partial charge in [0.2, 0.25) is 0 Å². The molecule has 1 aliphatic carbocycles. The molecule has 0 spiro atoms. The van der Waals surface area contributed by atoms with Gasteiger partial charge in [-0.2, -0.15) is 0 Å². The fourth-order valence-corrected chi connectivity index (χ4v) is 2.57. The molecule has 14 heavy (non-hydrogen) atoms. The van der Waals surface area contributed by atoms with Crippen LogP contribution < -0.4 is 5.32 Å². The highest BCUT2D eigenvalue weighted by Gasteiger charge is 2.23. The quantitative estimate of drug-likeness (QED) is 0.626. The van der Waals surface area contributed by atoms with E-state index in [-0.39, 0.29) is 0 Å². The Kier molecular flexibility index (Phi) is 1.86. The molecule has 2 aliphatic heterocycles. The predicted octanol–water partition coefficient (Wildman–Crippen LogP) is 2.13. The summed E-state index contributed by atoms with van der Waals surface area (Å²) in [6.45, 7) is 2.07. The van der Waals surface area contributed by atoms with Crippen molar-refractivity contribution in [1.82, 2.24) is 10.2 Å². The molecule has 0 atom stereocenters. The van der Waals surface area contributed by atoms with E-state index in [0.717, 1.165) is 13.1 Å². The Morgan fingerprint density at radius 1 is 1.21 bits per heavy atom. The third-order valence-electron chi connectivity index (χ3n) is 3.28. The number of fused-ring (bicyclic) bond motifs is 2. The highest BCUT2D eigenvalue weighted by atomic mass is 15.2. The lowest BCUT2D eigenvalue weighted by molar-refractivity contribution is 0.444. The number of nitrogens with one attached hydrogen (secondary N) is 1. The van der Waals surface area contributed by atoms with Gasteiger partial charge < -0.3 is 10.2 Å². The van der Waals surface area contributed by atoms with Gasteiger partial charge in [0.1, 0.15) is 0 Å². The first-order valence-electron chi connectivity index (χ1n) is 5.55. The van der Waals surface area contributed by atoms with E-state index in [1.54, 1.807) is 5.70 Å². The van der Waals surface area contributed by atoms with E-state index in [2.05, 4.69) is 28.4 Å². The van der Waals surface area contributed by atoms with E-state index < -0.39 is 0 Å². The first-order chi connectivity index (χ1) is 6.95. The molecule has 74 valence electrons. The van der Waals surface area contributed by atoms with Gasteiger partial charge in [0.15, 0.2) is 0 Å². The average molecular weight is 188 g/mol. The maximum atomic E-state index is 3.54. The number of allylic oxidation sites excluding steroid dienone is 3. The van der Waals surface area contributed by atoms with Gasteiger partial charge >= 0.3 is 0 Å². The molecule has 2 heteroatoms. The number of rotatable bonds is 0. The molecule has 0 radical (unpaired) electrons. The second-order valence-electron chi connectivity index (χ2n) is 4.16. The van der Waals surface area contributed by atoms with Crippen LogP contribution in [-0.2, 0) is 0 Å². The predicted molar refractivity (Wildman–Crippen MR) is 57.4 cm³/mol. The summed E-state index contributed by atoms with van der Waals surface area (Å²) in [5.74, 6) is 0. The summed E-state index contributed by atoms with van der Waals surface area (Å²) in [7, 11) is 0. The molecule has 0 aromatic heterocycles. The van der Waals surface area contributed by atoms with Gasteiger partial charge in [-0.3, -0.25) is 0 Å². The van der Waals surface area contributed by atoms with Gasteiger partial charge in [0.25, 0.3) is 0 Å². The molecule has 0 saturated heterocycles. The number of hydrogen-bond donors (Lipinski definition) is 1. The van der Waals surface area contributed by atoms with Crippen LogP contribution in [0.1, 0.15) is 25.7 Å². The maximum Gasteiger partial charge on any atom is 0.0413 e. The maximum absolute atomic E-state index is 3.54. The number of nitrogens with zero attached hydrogens (tertiary/aromatic N) is 1. The summed E-state index contributed by atoms with van der Waals surface area (Å²) in [6, 6.07) is 0. The Balaban J connectivity index is 1.99. The van der Waals surface area contributed by atoms with Crippen LogP contribution in [0.25, 0.3) is 0 Å². The van der Waals surface area contributed by atoms with Gasteiger partial charge in [-0.1, -0.05) is 6.08 Å². The number of hydrogen-bond acceptors (Lipinski definition) is 2. The Labute approximate surface area is 85.0 Å². The highest BCUT2D eigenvalue weighted by Crippen LogP contribution is 2.32. The van der Waals surface area contributed by atoms with Gasteiger partial charge in [0, 0.05) is 30.2 Å². The Hall–Kier alpha value is -1.18. The van der Waals surface area contributed by atoms with E-state index >= 15 is 0 Å². The topological polar surface area (TPSA) is 15.3 Å². The van der Waals surface area contributed by atoms with Crippen molar-refractivity contribution in [1.29, 1.82) is 0 Å². The minimum absolute atomic E-state index is 0.995. The van der Waals surface area contributed by atoms with E-state index in [9.17, 15) is 0 Å². The lowest BCUT2D eigenvalue weighted by atomic mass is 10.0. The van der Waals surface area contributed by atoms with Crippen LogP contribution in [0.15, 0.2) is 35.3 Å². The van der Waals surface area contributed by atoms with E-state index in [1.165, 1.54) is 37.1 Å². The van der Waals surface area contributed by atoms with Crippen molar-refractivity contribution in [3.8, 4) is 0 Å². The van der Waals surface area contributed by atoms with Crippen molar-refractivity contribution < 1.29 is 0 Å². The zero-order valence-electron chi connectivity index (χ0n) is 8.42. The van der Waals surface area contributed by atoms with Crippen molar-refractivity contribution in [3.63, 3.8) is 0 Å². The van der Waals surface area contributed by atoms with Gasteiger partial charge in [0.05, 0.1) is 0 Å². The summed E-state index contributed by atoms with van der Waals surface area (Å²) in [4.78, 5) is 2.47. The first kappa shape index (κ1) is 8.16. The molecule has 0 saturated carbocycles. The molecular formula is C12H16N2. The van der Waals surface area contributed by atoms with Crippen LogP contribution >= 0.6 is 0 Å². The van der Waals surface area contributed by atoms with Crippen molar-refractivity contribution in [2.45, 2.75) is 25.7 Å². The molecular weight excluding hydrogens is 172 g/mol. The molecule has 3 rings (SSSR count). The first-order valence-corrected chi connectivity index (χ1v) is 5.55. The minimum Gasteiger partial charge on any atom is -0.383 e. The molecule has 1 N–H and O–H groups in total. The Morgan fingerprint density at radius 2 is 2.14 bits per heavy atom. The third-order valence-corrected chi connectivity index (χ3v) is 3.28. The van der Waals surface area contributed by atoms with E-state index in [4.69, 9.17) is 0 Å². The standard InChI is InChI=1S/C12H16N2/c1-2-6-12-11(5-1)13-8-7-10-4-3-9-14(10)12/h3-4,7,13H,1-2,5-6,8-9H2. The molecule has 0 bridgehead atoms. The molecule has 0 fully saturated rings. The Bertz CT molecular complexity index is 336. The van der Waals surface area contributed by atoms with Crippen LogP contribution in [0.3, 0.4) is 0 Å². The van der Waals surface area contributed by atoms with Crippen molar-refractivity contribution >= 4 is 0 Å². The summed E-state index contributed by atoms with van der Waals surface area (Å²) in [5.41, 5.74) is 4.43. The van der Waals surface area contributed by atoms with Gasteiger partial charge in [-0.05, 0) is 37.8 Å². The fraction of sp³-hybridized carbons (Fsp3) is 0.500. The molecule has 0 amide bonds. The molecule has 0 aromatic carbocycles. The fourth-order valence-electron chi connectivity index (χ4n) is 2.57. The smallest absolute Gasteiger partial charge is 0.0413 e. The summed E-state index contributed by atoms with van der Waals surface area (Å²) < 4.78 is 0. The second kappa shape index (κ2) is 3.19. The zero-order valence-corrected chi connectivity index (χ0v) is 8.42. The summed E-state index contributed by atoms with van der Waals surface area (Å²) in [6.07, 6.45) is 12.0. The zero-order chi connectivity index (χ0) is 9.38. The highest BCUT2D eigenvalue weighted by molar-refractivity contribution is 5.34. The van der Waals surface area contributed by atoms with Gasteiger partial charge in [-0.25, -0.2) is 0 Å². The van der Waals surface area contributed by atoms with Crippen molar-refractivity contribution in [3.05, 3.63) is 35.3 Å². The largest absolute Gasteiger partial charge is 0.383 e. The van der Waals surface area contributed by atoms with Crippen molar-refractivity contribution in [2.24, 2.45) is 0 Å². The molecule has 0 aromatic rings. The van der Waals surface area contributed by atoms with Crippen molar-refractivity contribution in [2.75, 3.05) is 13.1 Å². The third kappa shape index (κ3) is 1.17. The van der Waals surface area contributed by atoms with E-state index in [1.807, 2.05) is 0 Å². The monoisotopic (exact) mass is 188 g/mol. The lowest BCUT2D eigenvalue weighted by Crippen LogP contribution is -2.24. The summed E-state index contributed by atoms with van der Waals surface area (Å²) >= 11 is 0. The molecule has 2 nitrogen and oxygen atoms in total. The van der Waals surface area contributed by atoms with Crippen LogP contribution in [0.2, 0.25) is 0 Å². The molecule has 2 heterocycles. The minimum atomic E-state index is 0.995. The average Bonchev–Trinajstić information content (AvgIpc) is 2.61. The van der Waals surface area contributed by atoms with Crippen LogP contribution in [0.4, 0.5) is 0 Å². The second-order valence-corrected chi connectivity index (χ2v) is 4.16. The van der Waals surface area contributed by atoms with Crippen LogP contribution in [0, 0.1) is 0 Å².